The predicted molar refractivity (Wildman–Crippen MR) is 75.4 cm³/mol. The van der Waals surface area contributed by atoms with E-state index in [1.807, 2.05) is 0 Å². The molecule has 1 aliphatic heterocycles. The number of halogens is 2. The molecule has 1 atom stereocenters. The van der Waals surface area contributed by atoms with Gasteiger partial charge in [0.1, 0.15) is 0 Å². The lowest BCUT2D eigenvalue weighted by atomic mass is 9.92. The fourth-order valence-electron chi connectivity index (χ4n) is 2.99. The second-order valence-corrected chi connectivity index (χ2v) is 5.69. The van der Waals surface area contributed by atoms with Crippen molar-refractivity contribution in [1.29, 1.82) is 0 Å². The van der Waals surface area contributed by atoms with Crippen LogP contribution in [0.2, 0.25) is 0 Å². The number of nitrogens with zero attached hydrogens (tertiary/aromatic N) is 1. The molecule has 0 amide bonds. The highest BCUT2D eigenvalue weighted by atomic mass is 19.2. The third-order valence-corrected chi connectivity index (χ3v) is 4.18. The molecule has 1 aliphatic rings. The minimum absolute atomic E-state index is 0.0562. The lowest BCUT2D eigenvalue weighted by Gasteiger charge is -2.33. The second kappa shape index (κ2) is 7.14. The normalized spacial score (nSPS) is 19.2. The van der Waals surface area contributed by atoms with E-state index >= 15 is 0 Å². The standard InChI is InChI=1S/C16H23F2NO/c1-2-4-12-7-9-19(10-8-12)11-15(20)13-5-3-6-14(17)16(13)18/h3,5-6,12,15,20H,2,4,7-11H2,1H3. The van der Waals surface area contributed by atoms with Crippen molar-refractivity contribution in [2.24, 2.45) is 5.92 Å². The molecule has 4 heteroatoms. The number of likely N-dealkylation sites (tertiary alicyclic amines) is 1. The number of piperidine rings is 1. The Balaban J connectivity index is 1.89. The lowest BCUT2D eigenvalue weighted by molar-refractivity contribution is 0.0852. The van der Waals surface area contributed by atoms with E-state index in [0.29, 0.717) is 6.54 Å². The van der Waals surface area contributed by atoms with Crippen LogP contribution >= 0.6 is 0 Å². The van der Waals surface area contributed by atoms with Gasteiger partial charge in [-0.15, -0.1) is 0 Å². The van der Waals surface area contributed by atoms with Gasteiger partial charge in [0, 0.05) is 12.1 Å². The molecule has 1 fully saturated rings. The molecule has 20 heavy (non-hydrogen) atoms. The minimum Gasteiger partial charge on any atom is -0.387 e. The SMILES string of the molecule is CCCC1CCN(CC(O)c2cccc(F)c2F)CC1. The van der Waals surface area contributed by atoms with Gasteiger partial charge in [-0.3, -0.25) is 0 Å². The van der Waals surface area contributed by atoms with Crippen LogP contribution in [0.4, 0.5) is 8.78 Å². The van der Waals surface area contributed by atoms with E-state index in [0.717, 1.165) is 37.9 Å². The number of aliphatic hydroxyl groups is 1. The number of benzene rings is 1. The van der Waals surface area contributed by atoms with Crippen molar-refractivity contribution < 1.29 is 13.9 Å². The number of β-amino-alcohol motifs (C(OH)–C–C–N with tert-alkyl or cyclic N) is 1. The van der Waals surface area contributed by atoms with E-state index in [2.05, 4.69) is 11.8 Å². The summed E-state index contributed by atoms with van der Waals surface area (Å²) in [7, 11) is 0. The van der Waals surface area contributed by atoms with E-state index in [-0.39, 0.29) is 5.56 Å². The molecule has 0 saturated carbocycles. The van der Waals surface area contributed by atoms with Gasteiger partial charge in [0.15, 0.2) is 11.6 Å². The van der Waals surface area contributed by atoms with Crippen molar-refractivity contribution in [3.8, 4) is 0 Å². The Morgan fingerprint density at radius 3 is 2.65 bits per heavy atom. The first-order valence-corrected chi connectivity index (χ1v) is 7.46. The van der Waals surface area contributed by atoms with Crippen LogP contribution in [0.5, 0.6) is 0 Å². The molecule has 1 saturated heterocycles. The fraction of sp³-hybridized carbons (Fsp3) is 0.625. The van der Waals surface area contributed by atoms with E-state index in [1.165, 1.54) is 25.0 Å². The van der Waals surface area contributed by atoms with Gasteiger partial charge in [-0.2, -0.15) is 0 Å². The van der Waals surface area contributed by atoms with Crippen LogP contribution in [0, 0.1) is 17.6 Å². The number of rotatable bonds is 5. The van der Waals surface area contributed by atoms with E-state index in [4.69, 9.17) is 0 Å². The topological polar surface area (TPSA) is 23.5 Å². The van der Waals surface area contributed by atoms with Crippen molar-refractivity contribution in [2.45, 2.75) is 38.7 Å². The van der Waals surface area contributed by atoms with Crippen LogP contribution in [0.25, 0.3) is 0 Å². The quantitative estimate of drug-likeness (QED) is 0.894. The molecule has 0 bridgehead atoms. The van der Waals surface area contributed by atoms with Crippen LogP contribution in [-0.4, -0.2) is 29.6 Å². The van der Waals surface area contributed by atoms with Gasteiger partial charge in [0.05, 0.1) is 6.10 Å². The second-order valence-electron chi connectivity index (χ2n) is 5.69. The first kappa shape index (κ1) is 15.4. The van der Waals surface area contributed by atoms with Gasteiger partial charge in [0.25, 0.3) is 0 Å². The van der Waals surface area contributed by atoms with Crippen molar-refractivity contribution in [3.05, 3.63) is 35.4 Å². The Labute approximate surface area is 119 Å². The van der Waals surface area contributed by atoms with Crippen molar-refractivity contribution in [1.82, 2.24) is 4.90 Å². The number of hydrogen-bond donors (Lipinski definition) is 1. The van der Waals surface area contributed by atoms with Crippen LogP contribution in [0.15, 0.2) is 18.2 Å². The van der Waals surface area contributed by atoms with Gasteiger partial charge in [-0.1, -0.05) is 31.9 Å². The molecule has 0 aromatic heterocycles. The van der Waals surface area contributed by atoms with Crippen molar-refractivity contribution >= 4 is 0 Å². The molecule has 0 radical (unpaired) electrons. The third kappa shape index (κ3) is 3.76. The third-order valence-electron chi connectivity index (χ3n) is 4.18. The lowest BCUT2D eigenvalue weighted by Crippen LogP contribution is -2.36. The summed E-state index contributed by atoms with van der Waals surface area (Å²) in [5.74, 6) is -1.05. The summed E-state index contributed by atoms with van der Waals surface area (Å²) in [4.78, 5) is 2.14. The zero-order valence-corrected chi connectivity index (χ0v) is 12.0. The average molecular weight is 283 g/mol. The first-order valence-electron chi connectivity index (χ1n) is 7.46. The molecular formula is C16H23F2NO. The van der Waals surface area contributed by atoms with Gasteiger partial charge in [0.2, 0.25) is 0 Å². The Hall–Kier alpha value is -1.00. The summed E-state index contributed by atoms with van der Waals surface area (Å²) in [6.07, 6.45) is 3.77. The highest BCUT2D eigenvalue weighted by Crippen LogP contribution is 2.25. The minimum atomic E-state index is -0.964. The largest absolute Gasteiger partial charge is 0.387 e. The maximum atomic E-state index is 13.6. The molecule has 0 aliphatic carbocycles. The molecule has 1 unspecified atom stereocenters. The number of aliphatic hydroxyl groups excluding tert-OH is 1. The van der Waals surface area contributed by atoms with Crippen LogP contribution < -0.4 is 0 Å². The van der Waals surface area contributed by atoms with Crippen molar-refractivity contribution in [3.63, 3.8) is 0 Å². The summed E-state index contributed by atoms with van der Waals surface area (Å²) >= 11 is 0. The monoisotopic (exact) mass is 283 g/mol. The van der Waals surface area contributed by atoms with Gasteiger partial charge >= 0.3 is 0 Å². The average Bonchev–Trinajstić information content (AvgIpc) is 2.44. The van der Waals surface area contributed by atoms with E-state index < -0.39 is 17.7 Å². The van der Waals surface area contributed by atoms with Crippen LogP contribution in [0.3, 0.4) is 0 Å². The van der Waals surface area contributed by atoms with Crippen LogP contribution in [0.1, 0.15) is 44.3 Å². The van der Waals surface area contributed by atoms with Crippen molar-refractivity contribution in [2.75, 3.05) is 19.6 Å². The maximum Gasteiger partial charge on any atom is 0.164 e. The molecule has 0 spiro atoms. The summed E-state index contributed by atoms with van der Waals surface area (Å²) in [6, 6.07) is 3.96. The Morgan fingerprint density at radius 1 is 1.30 bits per heavy atom. The molecular weight excluding hydrogens is 260 g/mol. The van der Waals surface area contributed by atoms with E-state index in [1.54, 1.807) is 0 Å². The summed E-state index contributed by atoms with van der Waals surface area (Å²) in [5.41, 5.74) is 0.0562. The summed E-state index contributed by atoms with van der Waals surface area (Å²) < 4.78 is 26.8. The molecule has 2 nitrogen and oxygen atoms in total. The molecule has 1 heterocycles. The molecule has 2 rings (SSSR count). The molecule has 1 aromatic rings. The van der Waals surface area contributed by atoms with Crippen LogP contribution in [-0.2, 0) is 0 Å². The number of hydrogen-bond acceptors (Lipinski definition) is 2. The van der Waals surface area contributed by atoms with E-state index in [9.17, 15) is 13.9 Å². The van der Waals surface area contributed by atoms with Gasteiger partial charge in [-0.25, -0.2) is 8.78 Å². The highest BCUT2D eigenvalue weighted by Gasteiger charge is 2.23. The summed E-state index contributed by atoms with van der Waals surface area (Å²) in [5, 5.41) is 10.1. The molecule has 1 aromatic carbocycles. The Kier molecular flexibility index (Phi) is 5.49. The Morgan fingerprint density at radius 2 is 2.00 bits per heavy atom. The fourth-order valence-corrected chi connectivity index (χ4v) is 2.99. The molecule has 112 valence electrons. The Bertz CT molecular complexity index is 430. The smallest absolute Gasteiger partial charge is 0.164 e. The zero-order chi connectivity index (χ0) is 14.5. The van der Waals surface area contributed by atoms with Gasteiger partial charge in [-0.05, 0) is 37.9 Å². The molecule has 1 N–H and O–H groups in total. The predicted octanol–water partition coefficient (Wildman–Crippen LogP) is 3.51. The zero-order valence-electron chi connectivity index (χ0n) is 12.0. The summed E-state index contributed by atoms with van der Waals surface area (Å²) in [6.45, 7) is 4.43. The highest BCUT2D eigenvalue weighted by molar-refractivity contribution is 5.21. The van der Waals surface area contributed by atoms with Gasteiger partial charge < -0.3 is 10.0 Å². The first-order chi connectivity index (χ1) is 9.61. The maximum absolute atomic E-state index is 13.6.